The minimum Gasteiger partial charge on any atom is -0.444 e. The number of nitrogens with one attached hydrogen (secondary N) is 2. The van der Waals surface area contributed by atoms with Gasteiger partial charge < -0.3 is 25.2 Å². The number of piperazine rings is 1. The van der Waals surface area contributed by atoms with Crippen LogP contribution < -0.4 is 15.5 Å². The van der Waals surface area contributed by atoms with Crippen LogP contribution in [0.5, 0.6) is 0 Å². The Bertz CT molecular complexity index is 1010. The topological polar surface area (TPSA) is 104 Å². The second-order valence-corrected chi connectivity index (χ2v) is 10.3. The van der Waals surface area contributed by atoms with Crippen molar-refractivity contribution in [3.05, 3.63) is 48.2 Å². The molecule has 1 saturated heterocycles. The molecular weight excluding hydrogens is 466 g/mol. The molecule has 3 amide bonds. The minimum atomic E-state index is -0.509. The lowest BCUT2D eigenvalue weighted by Gasteiger charge is -2.36. The molecule has 0 unspecified atom stereocenters. The minimum absolute atomic E-state index is 0.150. The maximum Gasteiger partial charge on any atom is 0.410 e. The van der Waals surface area contributed by atoms with Gasteiger partial charge in [0.1, 0.15) is 11.4 Å². The Morgan fingerprint density at radius 2 is 1.57 bits per heavy atom. The number of hydrogen-bond donors (Lipinski definition) is 2. The highest BCUT2D eigenvalue weighted by Crippen LogP contribution is 2.19. The molecule has 0 aliphatic carbocycles. The number of nitrogens with zero attached hydrogens (tertiary/aromatic N) is 3. The van der Waals surface area contributed by atoms with Gasteiger partial charge in [0.2, 0.25) is 11.8 Å². The Labute approximate surface area is 210 Å². The number of pyridine rings is 1. The Hall–Kier alpha value is -3.27. The lowest BCUT2D eigenvalue weighted by Crippen LogP contribution is -2.50. The average molecular weight is 500 g/mol. The van der Waals surface area contributed by atoms with Gasteiger partial charge in [-0.2, -0.15) is 0 Å². The fraction of sp³-hybridized carbons (Fsp3) is 0.440. The van der Waals surface area contributed by atoms with Crippen LogP contribution in [-0.4, -0.2) is 71.1 Å². The fourth-order valence-corrected chi connectivity index (χ4v) is 3.99. The van der Waals surface area contributed by atoms with E-state index < -0.39 is 5.60 Å². The van der Waals surface area contributed by atoms with E-state index in [-0.39, 0.29) is 29.4 Å². The largest absolute Gasteiger partial charge is 0.444 e. The maximum atomic E-state index is 12.2. The summed E-state index contributed by atoms with van der Waals surface area (Å²) in [6.45, 7) is 10.0. The third-order valence-electron chi connectivity index (χ3n) is 5.11. The van der Waals surface area contributed by atoms with Crippen molar-refractivity contribution in [2.75, 3.05) is 53.2 Å². The highest BCUT2D eigenvalue weighted by Gasteiger charge is 2.26. The summed E-state index contributed by atoms with van der Waals surface area (Å²) in [5.74, 6) is 0.418. The number of aromatic nitrogens is 1. The van der Waals surface area contributed by atoms with Gasteiger partial charge in [-0.05, 0) is 52.0 Å². The molecule has 1 fully saturated rings. The van der Waals surface area contributed by atoms with Crippen LogP contribution in [0.1, 0.15) is 26.3 Å². The fourth-order valence-electron chi connectivity index (χ4n) is 3.37. The summed E-state index contributed by atoms with van der Waals surface area (Å²) in [6, 6.07) is 11.2. The molecule has 1 aromatic carbocycles. The summed E-state index contributed by atoms with van der Waals surface area (Å²) < 4.78 is 5.43. The molecular formula is C25H33N5O4S. The molecule has 2 aromatic rings. The predicted molar refractivity (Wildman–Crippen MR) is 140 cm³/mol. The molecule has 0 saturated carbocycles. The quantitative estimate of drug-likeness (QED) is 0.598. The predicted octanol–water partition coefficient (Wildman–Crippen LogP) is 3.76. The lowest BCUT2D eigenvalue weighted by atomic mass is 10.2. The van der Waals surface area contributed by atoms with Crippen molar-refractivity contribution < 1.29 is 19.1 Å². The molecule has 10 heteroatoms. The van der Waals surface area contributed by atoms with Crippen LogP contribution in [0.4, 0.5) is 22.0 Å². The van der Waals surface area contributed by atoms with Crippen molar-refractivity contribution in [2.24, 2.45) is 0 Å². The van der Waals surface area contributed by atoms with Crippen LogP contribution in [0.15, 0.2) is 42.6 Å². The maximum absolute atomic E-state index is 12.2. The first kappa shape index (κ1) is 26.3. The molecule has 0 radical (unpaired) electrons. The molecule has 0 spiro atoms. The van der Waals surface area contributed by atoms with E-state index in [1.54, 1.807) is 17.2 Å². The number of rotatable bonds is 7. The van der Waals surface area contributed by atoms with Crippen molar-refractivity contribution >= 4 is 46.9 Å². The number of hydrogen-bond acceptors (Lipinski definition) is 7. The second kappa shape index (κ2) is 11.9. The third kappa shape index (κ3) is 8.79. The van der Waals surface area contributed by atoms with Crippen LogP contribution in [-0.2, 0) is 14.3 Å². The van der Waals surface area contributed by atoms with E-state index in [9.17, 15) is 14.4 Å². The summed E-state index contributed by atoms with van der Waals surface area (Å²) >= 11 is 1.24. The summed E-state index contributed by atoms with van der Waals surface area (Å²) in [5.41, 5.74) is 2.27. The normalized spacial score (nSPS) is 13.8. The van der Waals surface area contributed by atoms with Crippen molar-refractivity contribution in [2.45, 2.75) is 33.3 Å². The monoisotopic (exact) mass is 499 g/mol. The third-order valence-corrected chi connectivity index (χ3v) is 6.05. The van der Waals surface area contributed by atoms with Crippen LogP contribution in [0.2, 0.25) is 0 Å². The van der Waals surface area contributed by atoms with Crippen LogP contribution >= 0.6 is 11.8 Å². The standard InChI is InChI=1S/C25H33N5O4S/c1-18-5-7-19(8-6-18)27-22(31)16-35-17-23(32)28-21-10-9-20(15-26-21)29-11-13-30(14-12-29)24(33)34-25(2,3)4/h5-10,15H,11-14,16-17H2,1-4H3,(H,27,31)(H,26,28,32). The lowest BCUT2D eigenvalue weighted by molar-refractivity contribution is -0.114. The molecule has 9 nitrogen and oxygen atoms in total. The van der Waals surface area contributed by atoms with Crippen LogP contribution in [0.25, 0.3) is 0 Å². The summed E-state index contributed by atoms with van der Waals surface area (Å²) in [4.78, 5) is 44.7. The Morgan fingerprint density at radius 1 is 0.943 bits per heavy atom. The summed E-state index contributed by atoms with van der Waals surface area (Å²) in [7, 11) is 0. The SMILES string of the molecule is Cc1ccc(NC(=O)CSCC(=O)Nc2ccc(N3CCN(C(=O)OC(C)(C)C)CC3)cn2)cc1. The zero-order valence-electron chi connectivity index (χ0n) is 20.7. The van der Waals surface area contributed by atoms with Gasteiger partial charge in [-0.15, -0.1) is 11.8 Å². The first-order valence-electron chi connectivity index (χ1n) is 11.5. The van der Waals surface area contributed by atoms with Gasteiger partial charge in [0.05, 0.1) is 23.4 Å². The van der Waals surface area contributed by atoms with E-state index in [0.717, 1.165) is 16.9 Å². The van der Waals surface area contributed by atoms with Gasteiger partial charge >= 0.3 is 6.09 Å². The van der Waals surface area contributed by atoms with E-state index >= 15 is 0 Å². The molecule has 2 N–H and O–H groups in total. The number of anilines is 3. The first-order valence-corrected chi connectivity index (χ1v) is 12.7. The molecule has 35 heavy (non-hydrogen) atoms. The molecule has 0 atom stereocenters. The Kier molecular flexibility index (Phi) is 8.97. The zero-order chi connectivity index (χ0) is 25.4. The Balaban J connectivity index is 1.37. The summed E-state index contributed by atoms with van der Waals surface area (Å²) in [5, 5.41) is 5.57. The van der Waals surface area contributed by atoms with E-state index in [1.165, 1.54) is 11.8 Å². The van der Waals surface area contributed by atoms with Crippen molar-refractivity contribution in [3.8, 4) is 0 Å². The molecule has 1 aliphatic heterocycles. The van der Waals surface area contributed by atoms with Gasteiger partial charge in [0, 0.05) is 31.9 Å². The van der Waals surface area contributed by atoms with Crippen molar-refractivity contribution in [1.29, 1.82) is 0 Å². The molecule has 188 valence electrons. The number of aryl methyl sites for hydroxylation is 1. The number of ether oxygens (including phenoxy) is 1. The molecule has 2 heterocycles. The van der Waals surface area contributed by atoms with Gasteiger partial charge in [0.25, 0.3) is 0 Å². The van der Waals surface area contributed by atoms with E-state index in [1.807, 2.05) is 58.0 Å². The van der Waals surface area contributed by atoms with Crippen molar-refractivity contribution in [1.82, 2.24) is 9.88 Å². The number of thioether (sulfide) groups is 1. The molecule has 3 rings (SSSR count). The number of benzene rings is 1. The highest BCUT2D eigenvalue weighted by atomic mass is 32.2. The van der Waals surface area contributed by atoms with Crippen molar-refractivity contribution in [3.63, 3.8) is 0 Å². The summed E-state index contributed by atoms with van der Waals surface area (Å²) in [6.07, 6.45) is 1.42. The van der Waals surface area contributed by atoms with E-state index in [0.29, 0.717) is 32.0 Å². The first-order chi connectivity index (χ1) is 16.6. The smallest absolute Gasteiger partial charge is 0.410 e. The van der Waals surface area contributed by atoms with Gasteiger partial charge in [0.15, 0.2) is 0 Å². The zero-order valence-corrected chi connectivity index (χ0v) is 21.5. The molecule has 0 bridgehead atoms. The average Bonchev–Trinajstić information content (AvgIpc) is 2.80. The van der Waals surface area contributed by atoms with Gasteiger partial charge in [-0.3, -0.25) is 9.59 Å². The number of carbonyl (C=O) groups is 3. The highest BCUT2D eigenvalue weighted by molar-refractivity contribution is 8.00. The van der Waals surface area contributed by atoms with Gasteiger partial charge in [-0.1, -0.05) is 17.7 Å². The van der Waals surface area contributed by atoms with E-state index in [4.69, 9.17) is 4.74 Å². The molecule has 1 aromatic heterocycles. The Morgan fingerprint density at radius 3 is 2.14 bits per heavy atom. The second-order valence-electron chi connectivity index (χ2n) is 9.31. The van der Waals surface area contributed by atoms with Gasteiger partial charge in [-0.25, -0.2) is 9.78 Å². The number of amides is 3. The van der Waals surface area contributed by atoms with E-state index in [2.05, 4.69) is 20.5 Å². The number of carbonyl (C=O) groups excluding carboxylic acids is 3. The molecule has 1 aliphatic rings. The van der Waals surface area contributed by atoms with Crippen LogP contribution in [0.3, 0.4) is 0 Å². The van der Waals surface area contributed by atoms with Crippen LogP contribution in [0, 0.1) is 6.92 Å².